The maximum Gasteiger partial charge on any atom is 0.347 e. The lowest BCUT2D eigenvalue weighted by Gasteiger charge is -2.05. The Morgan fingerprint density at radius 3 is 2.50 bits per heavy atom. The second-order valence-electron chi connectivity index (χ2n) is 4.97. The number of hydrogen-bond donors (Lipinski definition) is 0. The number of benzene rings is 3. The molecule has 0 spiro atoms. The maximum absolute atomic E-state index is 12.3. The van der Waals surface area contributed by atoms with Gasteiger partial charge in [0, 0.05) is 5.39 Å². The van der Waals surface area contributed by atoms with E-state index < -0.39 is 5.63 Å². The Labute approximate surface area is 130 Å². The molecule has 0 aliphatic carbocycles. The van der Waals surface area contributed by atoms with Crippen LogP contribution < -0.4 is 5.63 Å². The van der Waals surface area contributed by atoms with E-state index >= 15 is 0 Å². The smallest absolute Gasteiger partial charge is 0.347 e. The second kappa shape index (κ2) is 4.97. The Balaban J connectivity index is 2.13. The SMILES string of the molecule is O=c1oc(-c2ccccc2Cl)nc2c1ccc1ccccc12. The topological polar surface area (TPSA) is 43.1 Å². The van der Waals surface area contributed by atoms with Gasteiger partial charge in [0.2, 0.25) is 5.89 Å². The lowest BCUT2D eigenvalue weighted by Crippen LogP contribution is -2.03. The van der Waals surface area contributed by atoms with E-state index in [1.165, 1.54) is 0 Å². The molecule has 0 N–H and O–H groups in total. The number of rotatable bonds is 1. The van der Waals surface area contributed by atoms with Gasteiger partial charge in [-0.15, -0.1) is 0 Å². The summed E-state index contributed by atoms with van der Waals surface area (Å²) in [6.45, 7) is 0. The normalized spacial score (nSPS) is 11.1. The monoisotopic (exact) mass is 307 g/mol. The van der Waals surface area contributed by atoms with Gasteiger partial charge in [-0.25, -0.2) is 9.78 Å². The summed E-state index contributed by atoms with van der Waals surface area (Å²) >= 11 is 6.18. The molecule has 0 bridgehead atoms. The molecule has 1 aromatic heterocycles. The van der Waals surface area contributed by atoms with E-state index in [-0.39, 0.29) is 5.89 Å². The maximum atomic E-state index is 12.3. The van der Waals surface area contributed by atoms with Crippen molar-refractivity contribution in [1.82, 2.24) is 4.98 Å². The lowest BCUT2D eigenvalue weighted by atomic mass is 10.1. The van der Waals surface area contributed by atoms with Gasteiger partial charge < -0.3 is 4.42 Å². The first-order valence-electron chi connectivity index (χ1n) is 6.81. The molecule has 1 heterocycles. The highest BCUT2D eigenvalue weighted by Gasteiger charge is 2.12. The van der Waals surface area contributed by atoms with Crippen molar-refractivity contribution in [2.45, 2.75) is 0 Å². The Morgan fingerprint density at radius 1 is 0.864 bits per heavy atom. The summed E-state index contributed by atoms with van der Waals surface area (Å²) in [6.07, 6.45) is 0. The minimum absolute atomic E-state index is 0.236. The van der Waals surface area contributed by atoms with Gasteiger partial charge in [0.1, 0.15) is 0 Å². The molecule has 0 saturated carbocycles. The predicted octanol–water partition coefficient (Wildman–Crippen LogP) is 4.66. The van der Waals surface area contributed by atoms with Crippen LogP contribution in [-0.2, 0) is 0 Å². The molecular weight excluding hydrogens is 298 g/mol. The summed E-state index contributed by atoms with van der Waals surface area (Å²) in [4.78, 5) is 16.8. The molecule has 0 fully saturated rings. The van der Waals surface area contributed by atoms with Crippen LogP contribution >= 0.6 is 11.6 Å². The van der Waals surface area contributed by atoms with Crippen LogP contribution in [0.1, 0.15) is 0 Å². The average Bonchev–Trinajstić information content (AvgIpc) is 2.55. The number of aromatic nitrogens is 1. The van der Waals surface area contributed by atoms with Crippen LogP contribution in [-0.4, -0.2) is 4.98 Å². The second-order valence-corrected chi connectivity index (χ2v) is 5.38. The first kappa shape index (κ1) is 13.0. The van der Waals surface area contributed by atoms with Crippen molar-refractivity contribution in [2.75, 3.05) is 0 Å². The van der Waals surface area contributed by atoms with E-state index in [2.05, 4.69) is 4.98 Å². The van der Waals surface area contributed by atoms with Crippen molar-refractivity contribution in [1.29, 1.82) is 0 Å². The van der Waals surface area contributed by atoms with Crippen LogP contribution in [0.5, 0.6) is 0 Å². The van der Waals surface area contributed by atoms with E-state index in [9.17, 15) is 4.79 Å². The molecule has 22 heavy (non-hydrogen) atoms. The Kier molecular flexibility index (Phi) is 2.94. The van der Waals surface area contributed by atoms with Crippen LogP contribution in [0.25, 0.3) is 33.1 Å². The third kappa shape index (κ3) is 1.98. The largest absolute Gasteiger partial charge is 0.403 e. The van der Waals surface area contributed by atoms with Crippen LogP contribution in [0.4, 0.5) is 0 Å². The van der Waals surface area contributed by atoms with E-state index in [0.29, 0.717) is 21.5 Å². The highest BCUT2D eigenvalue weighted by molar-refractivity contribution is 6.33. The van der Waals surface area contributed by atoms with Crippen molar-refractivity contribution in [2.24, 2.45) is 0 Å². The van der Waals surface area contributed by atoms with Gasteiger partial charge >= 0.3 is 5.63 Å². The summed E-state index contributed by atoms with van der Waals surface area (Å²) in [5.41, 5.74) is 0.825. The minimum atomic E-state index is -0.411. The third-order valence-electron chi connectivity index (χ3n) is 3.63. The molecule has 4 heteroatoms. The Bertz CT molecular complexity index is 1070. The molecule has 4 rings (SSSR count). The summed E-state index contributed by atoms with van der Waals surface area (Å²) in [5.74, 6) is 0.236. The number of nitrogens with zero attached hydrogens (tertiary/aromatic N) is 1. The van der Waals surface area contributed by atoms with E-state index in [1.807, 2.05) is 42.5 Å². The highest BCUT2D eigenvalue weighted by atomic mass is 35.5. The molecule has 106 valence electrons. The van der Waals surface area contributed by atoms with E-state index in [1.54, 1.807) is 18.2 Å². The zero-order valence-electron chi connectivity index (χ0n) is 11.4. The molecule has 0 amide bonds. The summed E-state index contributed by atoms with van der Waals surface area (Å²) in [6, 6.07) is 18.6. The Hall–Kier alpha value is -2.65. The Morgan fingerprint density at radius 2 is 1.64 bits per heavy atom. The molecule has 0 radical (unpaired) electrons. The van der Waals surface area contributed by atoms with Crippen LogP contribution in [0.15, 0.2) is 69.9 Å². The average molecular weight is 308 g/mol. The lowest BCUT2D eigenvalue weighted by molar-refractivity contribution is 0.518. The standard InChI is InChI=1S/C18H10ClNO2/c19-15-8-4-3-7-13(15)17-20-16-12-6-2-1-5-11(12)9-10-14(16)18(21)22-17/h1-10H. The molecule has 3 nitrogen and oxygen atoms in total. The molecular formula is C18H10ClNO2. The third-order valence-corrected chi connectivity index (χ3v) is 3.96. The van der Waals surface area contributed by atoms with E-state index in [0.717, 1.165) is 10.8 Å². The van der Waals surface area contributed by atoms with Gasteiger partial charge in [0.25, 0.3) is 0 Å². The summed E-state index contributed by atoms with van der Waals surface area (Å²) in [5, 5.41) is 2.91. The van der Waals surface area contributed by atoms with Gasteiger partial charge in [-0.3, -0.25) is 0 Å². The fourth-order valence-corrected chi connectivity index (χ4v) is 2.77. The first-order valence-corrected chi connectivity index (χ1v) is 7.19. The van der Waals surface area contributed by atoms with Gasteiger partial charge in [-0.2, -0.15) is 0 Å². The van der Waals surface area contributed by atoms with Gasteiger partial charge in [0.15, 0.2) is 0 Å². The molecule has 0 aliphatic rings. The summed E-state index contributed by atoms with van der Waals surface area (Å²) < 4.78 is 5.36. The van der Waals surface area contributed by atoms with Crippen LogP contribution in [0.2, 0.25) is 5.02 Å². The summed E-state index contributed by atoms with van der Waals surface area (Å²) in [7, 11) is 0. The van der Waals surface area contributed by atoms with Crippen molar-refractivity contribution in [3.05, 3.63) is 76.1 Å². The fourth-order valence-electron chi connectivity index (χ4n) is 2.56. The quantitative estimate of drug-likeness (QED) is 0.480. The molecule has 0 saturated heterocycles. The fraction of sp³-hybridized carbons (Fsp3) is 0. The molecule has 0 unspecified atom stereocenters. The van der Waals surface area contributed by atoms with Crippen molar-refractivity contribution < 1.29 is 4.42 Å². The van der Waals surface area contributed by atoms with Gasteiger partial charge in [0.05, 0.1) is 21.5 Å². The minimum Gasteiger partial charge on any atom is -0.403 e. The van der Waals surface area contributed by atoms with Crippen molar-refractivity contribution in [3.8, 4) is 11.5 Å². The first-order chi connectivity index (χ1) is 10.7. The predicted molar refractivity (Wildman–Crippen MR) is 88.2 cm³/mol. The van der Waals surface area contributed by atoms with Crippen LogP contribution in [0.3, 0.4) is 0 Å². The molecule has 4 aromatic rings. The van der Waals surface area contributed by atoms with Crippen LogP contribution in [0, 0.1) is 0 Å². The number of hydrogen-bond acceptors (Lipinski definition) is 3. The van der Waals surface area contributed by atoms with Gasteiger partial charge in [-0.1, -0.05) is 54.1 Å². The number of halogens is 1. The van der Waals surface area contributed by atoms with E-state index in [4.69, 9.17) is 16.0 Å². The highest BCUT2D eigenvalue weighted by Crippen LogP contribution is 2.28. The zero-order chi connectivity index (χ0) is 15.1. The zero-order valence-corrected chi connectivity index (χ0v) is 12.2. The van der Waals surface area contributed by atoms with Crippen molar-refractivity contribution >= 4 is 33.3 Å². The van der Waals surface area contributed by atoms with Crippen molar-refractivity contribution in [3.63, 3.8) is 0 Å². The molecule has 0 atom stereocenters. The van der Waals surface area contributed by atoms with Gasteiger partial charge in [-0.05, 0) is 23.6 Å². The molecule has 3 aromatic carbocycles. The molecule has 0 aliphatic heterocycles. The number of fused-ring (bicyclic) bond motifs is 3.